The molecule has 0 aliphatic carbocycles. The zero-order valence-corrected chi connectivity index (χ0v) is 16.4. The molecule has 0 saturated carbocycles. The maximum absolute atomic E-state index is 12.6. The Morgan fingerprint density at radius 2 is 1.50 bits per heavy atom. The van der Waals surface area contributed by atoms with Gasteiger partial charge in [0.05, 0.1) is 10.0 Å². The monoisotopic (exact) mass is 372 g/mol. The normalized spacial score (nSPS) is 10.7. The lowest BCUT2D eigenvalue weighted by molar-refractivity contribution is 0.209. The first kappa shape index (κ1) is 21.1. The molecule has 5 heteroatoms. The van der Waals surface area contributed by atoms with Crippen LogP contribution in [0.15, 0.2) is 18.2 Å². The Balaban J connectivity index is 2.57. The van der Waals surface area contributed by atoms with E-state index in [4.69, 9.17) is 23.2 Å². The molecule has 0 aliphatic rings. The van der Waals surface area contributed by atoms with Crippen LogP contribution in [0.2, 0.25) is 10.0 Å². The Morgan fingerprint density at radius 3 is 2.00 bits per heavy atom. The second-order valence-electron chi connectivity index (χ2n) is 6.17. The number of hydrogen-bond donors (Lipinski definition) is 1. The number of hydrogen-bond acceptors (Lipinski definition) is 1. The molecule has 0 radical (unpaired) electrons. The van der Waals surface area contributed by atoms with E-state index in [9.17, 15) is 4.79 Å². The number of nitrogens with zero attached hydrogens (tertiary/aromatic N) is 1. The Labute approximate surface area is 156 Å². The fourth-order valence-electron chi connectivity index (χ4n) is 2.55. The molecule has 1 aromatic rings. The molecule has 24 heavy (non-hydrogen) atoms. The van der Waals surface area contributed by atoms with Crippen LogP contribution in [0, 0.1) is 0 Å². The molecule has 0 unspecified atom stereocenters. The van der Waals surface area contributed by atoms with Gasteiger partial charge in [0.15, 0.2) is 0 Å². The van der Waals surface area contributed by atoms with E-state index in [1.807, 2.05) is 4.90 Å². The third-order valence-electron chi connectivity index (χ3n) is 4.02. The molecule has 0 atom stereocenters. The van der Waals surface area contributed by atoms with Crippen LogP contribution in [0.5, 0.6) is 0 Å². The highest BCUT2D eigenvalue weighted by molar-refractivity contribution is 6.42. The lowest BCUT2D eigenvalue weighted by Crippen LogP contribution is -2.36. The first-order chi connectivity index (χ1) is 11.6. The molecule has 0 saturated heterocycles. The van der Waals surface area contributed by atoms with Crippen molar-refractivity contribution in [2.45, 2.75) is 65.2 Å². The number of unbranched alkanes of at least 4 members (excludes halogenated alkanes) is 6. The van der Waals surface area contributed by atoms with Crippen LogP contribution in [0.1, 0.15) is 65.2 Å². The van der Waals surface area contributed by atoms with Crippen LogP contribution in [0.25, 0.3) is 0 Å². The van der Waals surface area contributed by atoms with Crippen molar-refractivity contribution in [3.8, 4) is 0 Å². The van der Waals surface area contributed by atoms with Crippen LogP contribution in [0.3, 0.4) is 0 Å². The third-order valence-corrected chi connectivity index (χ3v) is 4.76. The summed E-state index contributed by atoms with van der Waals surface area (Å²) in [6.07, 6.45) is 9.28. The predicted octanol–water partition coefficient (Wildman–Crippen LogP) is 6.99. The van der Waals surface area contributed by atoms with Crippen LogP contribution >= 0.6 is 23.2 Å². The van der Waals surface area contributed by atoms with Crippen molar-refractivity contribution in [1.82, 2.24) is 4.90 Å². The largest absolute Gasteiger partial charge is 0.325 e. The van der Waals surface area contributed by atoms with Gasteiger partial charge in [0.2, 0.25) is 0 Å². The van der Waals surface area contributed by atoms with Gasteiger partial charge in [-0.15, -0.1) is 0 Å². The van der Waals surface area contributed by atoms with Gasteiger partial charge in [0.25, 0.3) is 0 Å². The average molecular weight is 373 g/mol. The van der Waals surface area contributed by atoms with Crippen molar-refractivity contribution >= 4 is 34.9 Å². The van der Waals surface area contributed by atoms with E-state index >= 15 is 0 Å². The van der Waals surface area contributed by atoms with Crippen molar-refractivity contribution in [3.63, 3.8) is 0 Å². The molecule has 2 amide bonds. The number of benzene rings is 1. The standard InChI is InChI=1S/C19H30Cl2N2O/c1-3-5-7-9-13-23(14-10-8-6-4-2)19(24)22-16-11-12-17(20)18(21)15-16/h11-12,15H,3-10,13-14H2,1-2H3,(H,22,24). The summed E-state index contributed by atoms with van der Waals surface area (Å²) in [7, 11) is 0. The zero-order chi connectivity index (χ0) is 17.8. The van der Waals surface area contributed by atoms with Crippen LogP contribution in [-0.4, -0.2) is 24.0 Å². The molecular formula is C19H30Cl2N2O. The summed E-state index contributed by atoms with van der Waals surface area (Å²) in [6.45, 7) is 6.00. The van der Waals surface area contributed by atoms with Crippen molar-refractivity contribution in [1.29, 1.82) is 0 Å². The van der Waals surface area contributed by atoms with E-state index < -0.39 is 0 Å². The molecule has 0 aliphatic heterocycles. The van der Waals surface area contributed by atoms with E-state index in [-0.39, 0.29) is 6.03 Å². The molecule has 0 fully saturated rings. The van der Waals surface area contributed by atoms with Crippen LogP contribution in [-0.2, 0) is 0 Å². The number of rotatable bonds is 11. The number of nitrogens with one attached hydrogen (secondary N) is 1. The number of urea groups is 1. The number of carbonyl (C=O) groups excluding carboxylic acids is 1. The summed E-state index contributed by atoms with van der Waals surface area (Å²) < 4.78 is 0. The van der Waals surface area contributed by atoms with Gasteiger partial charge < -0.3 is 10.2 Å². The van der Waals surface area contributed by atoms with E-state index in [0.29, 0.717) is 15.7 Å². The highest BCUT2D eigenvalue weighted by Crippen LogP contribution is 2.25. The summed E-state index contributed by atoms with van der Waals surface area (Å²) in [4.78, 5) is 14.5. The van der Waals surface area contributed by atoms with E-state index in [0.717, 1.165) is 25.9 Å². The smallest absolute Gasteiger partial charge is 0.321 e. The van der Waals surface area contributed by atoms with Crippen LogP contribution in [0.4, 0.5) is 10.5 Å². The van der Waals surface area contributed by atoms with Gasteiger partial charge >= 0.3 is 6.03 Å². The van der Waals surface area contributed by atoms with Gasteiger partial charge in [-0.05, 0) is 31.0 Å². The Kier molecular flexibility index (Phi) is 10.9. The molecule has 0 bridgehead atoms. The average Bonchev–Trinajstić information content (AvgIpc) is 2.56. The van der Waals surface area contributed by atoms with Crippen molar-refractivity contribution < 1.29 is 4.79 Å². The van der Waals surface area contributed by atoms with Gasteiger partial charge in [-0.3, -0.25) is 0 Å². The van der Waals surface area contributed by atoms with E-state index in [1.165, 1.54) is 38.5 Å². The first-order valence-corrected chi connectivity index (χ1v) is 9.85. The third kappa shape index (κ3) is 8.25. The SMILES string of the molecule is CCCCCCN(CCCCCC)C(=O)Nc1ccc(Cl)c(Cl)c1. The summed E-state index contributed by atoms with van der Waals surface area (Å²) >= 11 is 11.9. The van der Waals surface area contributed by atoms with Gasteiger partial charge in [0.1, 0.15) is 0 Å². The maximum atomic E-state index is 12.6. The fraction of sp³-hybridized carbons (Fsp3) is 0.632. The Morgan fingerprint density at radius 1 is 0.917 bits per heavy atom. The minimum Gasteiger partial charge on any atom is -0.325 e. The van der Waals surface area contributed by atoms with Gasteiger partial charge in [-0.25, -0.2) is 4.79 Å². The molecule has 0 heterocycles. The van der Waals surface area contributed by atoms with Crippen molar-refractivity contribution in [2.24, 2.45) is 0 Å². The quantitative estimate of drug-likeness (QED) is 0.417. The number of halogens is 2. The number of carbonyl (C=O) groups is 1. The summed E-state index contributed by atoms with van der Waals surface area (Å²) in [5, 5.41) is 3.88. The lowest BCUT2D eigenvalue weighted by Gasteiger charge is -2.23. The maximum Gasteiger partial charge on any atom is 0.321 e. The van der Waals surface area contributed by atoms with E-state index in [1.54, 1.807) is 18.2 Å². The summed E-state index contributed by atoms with van der Waals surface area (Å²) in [6, 6.07) is 5.11. The highest BCUT2D eigenvalue weighted by Gasteiger charge is 2.13. The first-order valence-electron chi connectivity index (χ1n) is 9.09. The molecule has 1 rings (SSSR count). The topological polar surface area (TPSA) is 32.3 Å². The molecule has 1 N–H and O–H groups in total. The molecule has 0 aromatic heterocycles. The molecule has 136 valence electrons. The molecular weight excluding hydrogens is 343 g/mol. The van der Waals surface area contributed by atoms with Gasteiger partial charge in [0, 0.05) is 18.8 Å². The van der Waals surface area contributed by atoms with Crippen molar-refractivity contribution in [2.75, 3.05) is 18.4 Å². The van der Waals surface area contributed by atoms with Gasteiger partial charge in [-0.1, -0.05) is 75.6 Å². The van der Waals surface area contributed by atoms with Crippen LogP contribution < -0.4 is 5.32 Å². The lowest BCUT2D eigenvalue weighted by atomic mass is 10.2. The van der Waals surface area contributed by atoms with E-state index in [2.05, 4.69) is 19.2 Å². The zero-order valence-electron chi connectivity index (χ0n) is 14.9. The molecule has 0 spiro atoms. The predicted molar refractivity (Wildman–Crippen MR) is 105 cm³/mol. The fourth-order valence-corrected chi connectivity index (χ4v) is 2.85. The Hall–Kier alpha value is -0.930. The minimum absolute atomic E-state index is 0.0543. The minimum atomic E-state index is -0.0543. The summed E-state index contributed by atoms with van der Waals surface area (Å²) in [5.74, 6) is 0. The molecule has 3 nitrogen and oxygen atoms in total. The van der Waals surface area contributed by atoms with Gasteiger partial charge in [-0.2, -0.15) is 0 Å². The second kappa shape index (κ2) is 12.4. The molecule has 1 aromatic carbocycles. The Bertz CT molecular complexity index is 482. The number of anilines is 1. The highest BCUT2D eigenvalue weighted by atomic mass is 35.5. The number of amides is 2. The van der Waals surface area contributed by atoms with Crippen molar-refractivity contribution in [3.05, 3.63) is 28.2 Å². The summed E-state index contributed by atoms with van der Waals surface area (Å²) in [5.41, 5.74) is 0.682. The second-order valence-corrected chi connectivity index (χ2v) is 6.98.